The van der Waals surface area contributed by atoms with E-state index < -0.39 is 5.97 Å². The van der Waals surface area contributed by atoms with Gasteiger partial charge in [0.2, 0.25) is 0 Å². The lowest BCUT2D eigenvalue weighted by atomic mass is 9.93. The fourth-order valence-corrected chi connectivity index (χ4v) is 3.77. The summed E-state index contributed by atoms with van der Waals surface area (Å²) in [4.78, 5) is 23.7. The Balaban J connectivity index is 2.22. The van der Waals surface area contributed by atoms with Crippen molar-refractivity contribution in [3.63, 3.8) is 0 Å². The third-order valence-corrected chi connectivity index (χ3v) is 5.05. The van der Waals surface area contributed by atoms with E-state index >= 15 is 0 Å². The molecule has 0 amide bonds. The van der Waals surface area contributed by atoms with Gasteiger partial charge in [-0.05, 0) is 30.4 Å². The Labute approximate surface area is 137 Å². The maximum atomic E-state index is 12.1. The summed E-state index contributed by atoms with van der Waals surface area (Å²) in [7, 11) is 0. The number of rotatable bonds is 3. The minimum absolute atomic E-state index is 0.0579. The minimum atomic E-state index is -0.903. The maximum Gasteiger partial charge on any atom is 0.339 e. The van der Waals surface area contributed by atoms with Crippen molar-refractivity contribution >= 4 is 47.9 Å². The number of carboxylic acid groups (broad SMARTS) is 1. The number of fused-ring (bicyclic) bond motifs is 3. The second-order valence-corrected chi connectivity index (χ2v) is 6.64. The summed E-state index contributed by atoms with van der Waals surface area (Å²) in [5.74, 6) is -1.00. The van der Waals surface area contributed by atoms with Crippen molar-refractivity contribution in [1.29, 1.82) is 0 Å². The molecule has 0 spiro atoms. The molecule has 3 rings (SSSR count). The third kappa shape index (κ3) is 2.48. The lowest BCUT2D eigenvalue weighted by molar-refractivity contribution is -0.137. The van der Waals surface area contributed by atoms with Gasteiger partial charge < -0.3 is 15.3 Å². The molecule has 1 heterocycles. The van der Waals surface area contributed by atoms with E-state index in [4.69, 9.17) is 15.3 Å². The predicted octanol–water partition coefficient (Wildman–Crippen LogP) is 2.47. The van der Waals surface area contributed by atoms with Crippen molar-refractivity contribution in [2.45, 2.75) is 35.3 Å². The molecular weight excluding hydrogens is 322 g/mol. The Bertz CT molecular complexity index is 830. The molecule has 3 N–H and O–H groups in total. The van der Waals surface area contributed by atoms with Crippen LogP contribution in [0.4, 0.5) is 5.69 Å². The molecule has 1 aliphatic carbocycles. The summed E-state index contributed by atoms with van der Waals surface area (Å²) < 4.78 is 5.34. The summed E-state index contributed by atoms with van der Waals surface area (Å²) in [5, 5.41) is 9.39. The highest BCUT2D eigenvalue weighted by molar-refractivity contribution is 7.81. The molecule has 2 aromatic rings. The SMILES string of the molecule is Nc1cc2oc(=O)c3c(c2cc1S)C(C(S)CC(=O)O)CC3. The molecular formula is C15H15NO4S2. The standard InChI is InChI=1S/C15H15NO4S2/c16-9-4-10-8(3-12(9)22)14-6(11(21)5-13(17)18)1-2-7(14)15(19)20-10/h3-4,6,11,21-22H,1-2,5,16H2,(H,17,18). The molecule has 0 saturated heterocycles. The summed E-state index contributed by atoms with van der Waals surface area (Å²) in [5.41, 5.74) is 7.71. The van der Waals surface area contributed by atoms with Crippen LogP contribution in [0.15, 0.2) is 26.2 Å². The van der Waals surface area contributed by atoms with Crippen LogP contribution in [0.5, 0.6) is 0 Å². The van der Waals surface area contributed by atoms with Crippen molar-refractivity contribution < 1.29 is 14.3 Å². The molecule has 0 aliphatic heterocycles. The molecule has 2 unspecified atom stereocenters. The number of carbonyl (C=O) groups is 1. The van der Waals surface area contributed by atoms with Gasteiger partial charge in [-0.15, -0.1) is 12.6 Å². The van der Waals surface area contributed by atoms with Crippen LogP contribution >= 0.6 is 25.3 Å². The topological polar surface area (TPSA) is 93.5 Å². The van der Waals surface area contributed by atoms with Gasteiger partial charge in [0.1, 0.15) is 5.58 Å². The molecule has 116 valence electrons. The highest BCUT2D eigenvalue weighted by Crippen LogP contribution is 2.42. The highest BCUT2D eigenvalue weighted by atomic mass is 32.1. The first-order chi connectivity index (χ1) is 10.4. The predicted molar refractivity (Wildman–Crippen MR) is 90.2 cm³/mol. The zero-order chi connectivity index (χ0) is 16.0. The van der Waals surface area contributed by atoms with Gasteiger partial charge >= 0.3 is 11.6 Å². The molecule has 22 heavy (non-hydrogen) atoms. The van der Waals surface area contributed by atoms with Crippen molar-refractivity contribution in [1.82, 2.24) is 0 Å². The normalized spacial score (nSPS) is 18.4. The van der Waals surface area contributed by atoms with Crippen molar-refractivity contribution in [2.24, 2.45) is 0 Å². The van der Waals surface area contributed by atoms with Crippen molar-refractivity contribution in [3.05, 3.63) is 33.7 Å². The molecule has 1 aliphatic rings. The number of anilines is 1. The number of nitrogen functional groups attached to an aromatic ring is 1. The fraction of sp³-hybridized carbons (Fsp3) is 0.333. The molecule has 1 aromatic heterocycles. The monoisotopic (exact) mass is 337 g/mol. The van der Waals surface area contributed by atoms with E-state index in [0.29, 0.717) is 34.6 Å². The van der Waals surface area contributed by atoms with Gasteiger partial charge in [0.05, 0.1) is 6.42 Å². The Morgan fingerprint density at radius 3 is 2.91 bits per heavy atom. The maximum absolute atomic E-state index is 12.1. The van der Waals surface area contributed by atoms with Gasteiger partial charge in [-0.3, -0.25) is 4.79 Å². The molecule has 0 saturated carbocycles. The van der Waals surface area contributed by atoms with E-state index in [2.05, 4.69) is 25.3 Å². The van der Waals surface area contributed by atoms with Gasteiger partial charge in [0.15, 0.2) is 0 Å². The zero-order valence-electron chi connectivity index (χ0n) is 11.6. The number of benzene rings is 1. The largest absolute Gasteiger partial charge is 0.481 e. The summed E-state index contributed by atoms with van der Waals surface area (Å²) >= 11 is 8.76. The fourth-order valence-electron chi connectivity index (χ4n) is 3.12. The average Bonchev–Trinajstić information content (AvgIpc) is 2.86. The Morgan fingerprint density at radius 2 is 2.23 bits per heavy atom. The molecule has 0 bridgehead atoms. The second-order valence-electron chi connectivity index (χ2n) is 5.50. The van der Waals surface area contributed by atoms with E-state index in [9.17, 15) is 9.59 Å². The van der Waals surface area contributed by atoms with Crippen LogP contribution in [0.3, 0.4) is 0 Å². The quantitative estimate of drug-likeness (QED) is 0.392. The van der Waals surface area contributed by atoms with Gasteiger partial charge in [0.25, 0.3) is 0 Å². The van der Waals surface area contributed by atoms with Crippen LogP contribution in [0.25, 0.3) is 11.0 Å². The van der Waals surface area contributed by atoms with Crippen molar-refractivity contribution in [3.8, 4) is 0 Å². The van der Waals surface area contributed by atoms with Crippen molar-refractivity contribution in [2.75, 3.05) is 5.73 Å². The minimum Gasteiger partial charge on any atom is -0.481 e. The molecule has 7 heteroatoms. The number of hydrogen-bond donors (Lipinski definition) is 4. The Kier molecular flexibility index (Phi) is 3.86. The molecule has 2 atom stereocenters. The zero-order valence-corrected chi connectivity index (χ0v) is 13.4. The summed E-state index contributed by atoms with van der Waals surface area (Å²) in [6.07, 6.45) is 1.20. The first-order valence-corrected chi connectivity index (χ1v) is 7.82. The first-order valence-electron chi connectivity index (χ1n) is 6.86. The van der Waals surface area contributed by atoms with E-state index in [0.717, 1.165) is 10.9 Å². The van der Waals surface area contributed by atoms with Crippen LogP contribution in [0, 0.1) is 0 Å². The third-order valence-electron chi connectivity index (χ3n) is 4.12. The first kappa shape index (κ1) is 15.3. The smallest absolute Gasteiger partial charge is 0.339 e. The lowest BCUT2D eigenvalue weighted by Gasteiger charge is -2.19. The number of aliphatic carboxylic acids is 1. The molecule has 0 radical (unpaired) electrons. The van der Waals surface area contributed by atoms with Gasteiger partial charge in [-0.25, -0.2) is 4.79 Å². The number of nitrogens with two attached hydrogens (primary N) is 1. The Hall–Kier alpha value is -1.60. The van der Waals surface area contributed by atoms with Crippen LogP contribution in [-0.2, 0) is 11.2 Å². The average molecular weight is 337 g/mol. The van der Waals surface area contributed by atoms with Gasteiger partial charge in [-0.2, -0.15) is 12.6 Å². The summed E-state index contributed by atoms with van der Waals surface area (Å²) in [6.45, 7) is 0. The number of carboxylic acids is 1. The van der Waals surface area contributed by atoms with E-state index in [-0.39, 0.29) is 23.2 Å². The van der Waals surface area contributed by atoms with Crippen LogP contribution in [0.2, 0.25) is 0 Å². The lowest BCUT2D eigenvalue weighted by Crippen LogP contribution is -2.16. The second kappa shape index (κ2) is 5.55. The molecule has 0 fully saturated rings. The van der Waals surface area contributed by atoms with Crippen LogP contribution in [-0.4, -0.2) is 16.3 Å². The molecule has 5 nitrogen and oxygen atoms in total. The Morgan fingerprint density at radius 1 is 1.50 bits per heavy atom. The number of thiol groups is 2. The van der Waals surface area contributed by atoms with Gasteiger partial charge in [-0.1, -0.05) is 0 Å². The van der Waals surface area contributed by atoms with E-state index in [1.54, 1.807) is 12.1 Å². The van der Waals surface area contributed by atoms with Crippen LogP contribution < -0.4 is 11.4 Å². The van der Waals surface area contributed by atoms with E-state index in [1.807, 2.05) is 0 Å². The molecule has 1 aromatic carbocycles. The number of hydrogen-bond acceptors (Lipinski definition) is 6. The van der Waals surface area contributed by atoms with Crippen LogP contribution in [0.1, 0.15) is 29.9 Å². The van der Waals surface area contributed by atoms with E-state index in [1.165, 1.54) is 0 Å². The van der Waals surface area contributed by atoms with Gasteiger partial charge in [0, 0.05) is 32.8 Å². The summed E-state index contributed by atoms with van der Waals surface area (Å²) in [6, 6.07) is 3.36. The highest BCUT2D eigenvalue weighted by Gasteiger charge is 2.33.